The zero-order chi connectivity index (χ0) is 22.8. The summed E-state index contributed by atoms with van der Waals surface area (Å²) in [6.07, 6.45) is 2.33. The molecule has 0 radical (unpaired) electrons. The van der Waals surface area contributed by atoms with E-state index in [1.807, 2.05) is 50.2 Å². The number of aromatic amines is 1. The molecule has 1 unspecified atom stereocenters. The number of imidazole rings is 1. The molecule has 3 heterocycles. The maximum absolute atomic E-state index is 13.4. The molecule has 0 amide bonds. The Hall–Kier alpha value is -3.88. The first-order chi connectivity index (χ1) is 15.5. The van der Waals surface area contributed by atoms with Crippen molar-refractivity contribution >= 4 is 17.0 Å². The molecule has 0 aliphatic heterocycles. The van der Waals surface area contributed by atoms with Crippen LogP contribution in [0.3, 0.4) is 0 Å². The van der Waals surface area contributed by atoms with Crippen LogP contribution in [0.1, 0.15) is 31.9 Å². The van der Waals surface area contributed by atoms with Gasteiger partial charge in [-0.2, -0.15) is 0 Å². The molecule has 4 aromatic rings. The monoisotopic (exact) mass is 434 g/mol. The Kier molecular flexibility index (Phi) is 5.81. The molecule has 4 rings (SSSR count). The van der Waals surface area contributed by atoms with Crippen LogP contribution >= 0.6 is 0 Å². The fourth-order valence-electron chi connectivity index (χ4n) is 3.75. The fourth-order valence-corrected chi connectivity index (χ4v) is 3.75. The van der Waals surface area contributed by atoms with Gasteiger partial charge >= 0.3 is 5.69 Å². The number of H-pyrrole nitrogens is 1. The minimum absolute atomic E-state index is 0.297. The van der Waals surface area contributed by atoms with Gasteiger partial charge in [-0.25, -0.2) is 14.8 Å². The number of methoxy groups -OCH3 is 1. The van der Waals surface area contributed by atoms with E-state index >= 15 is 0 Å². The molecule has 1 atom stereocenters. The molecule has 1 aromatic carbocycles. The van der Waals surface area contributed by atoms with Crippen LogP contribution in [0.15, 0.2) is 52.2 Å². The Morgan fingerprint density at radius 2 is 1.91 bits per heavy atom. The quantitative estimate of drug-likeness (QED) is 0.463. The summed E-state index contributed by atoms with van der Waals surface area (Å²) < 4.78 is 8.09. The Morgan fingerprint density at radius 1 is 1.16 bits per heavy atom. The molecule has 0 fully saturated rings. The average Bonchev–Trinajstić information content (AvgIpc) is 3.27. The van der Waals surface area contributed by atoms with Crippen LogP contribution in [0.5, 0.6) is 5.75 Å². The highest BCUT2D eigenvalue weighted by Crippen LogP contribution is 2.24. The molecule has 0 saturated heterocycles. The van der Waals surface area contributed by atoms with Crippen molar-refractivity contribution in [1.82, 2.24) is 24.1 Å². The van der Waals surface area contributed by atoms with Gasteiger partial charge in [-0.3, -0.25) is 13.9 Å². The van der Waals surface area contributed by atoms with E-state index in [1.165, 1.54) is 4.57 Å². The molecule has 32 heavy (non-hydrogen) atoms. The number of nitrogens with zero attached hydrogens (tertiary/aromatic N) is 4. The molecule has 0 aliphatic rings. The van der Waals surface area contributed by atoms with Crippen LogP contribution in [0.2, 0.25) is 0 Å². The number of hydrogen-bond donors (Lipinski definition) is 2. The number of hydrogen-bond acceptors (Lipinski definition) is 6. The summed E-state index contributed by atoms with van der Waals surface area (Å²) in [4.78, 5) is 38.6. The van der Waals surface area contributed by atoms with Gasteiger partial charge in [-0.05, 0) is 43.2 Å². The zero-order valence-corrected chi connectivity index (χ0v) is 18.5. The molecule has 0 spiro atoms. The van der Waals surface area contributed by atoms with E-state index in [9.17, 15) is 9.59 Å². The van der Waals surface area contributed by atoms with Gasteiger partial charge in [0.2, 0.25) is 0 Å². The summed E-state index contributed by atoms with van der Waals surface area (Å²) >= 11 is 0. The molecular weight excluding hydrogens is 408 g/mol. The third-order valence-electron chi connectivity index (χ3n) is 5.53. The van der Waals surface area contributed by atoms with Crippen LogP contribution < -0.4 is 21.3 Å². The smallest absolute Gasteiger partial charge is 0.333 e. The topological polar surface area (TPSA) is 107 Å². The molecule has 2 N–H and O–H groups in total. The maximum atomic E-state index is 13.4. The van der Waals surface area contributed by atoms with Crippen molar-refractivity contribution in [2.24, 2.45) is 0 Å². The summed E-state index contributed by atoms with van der Waals surface area (Å²) in [6.45, 7) is 4.18. The highest BCUT2D eigenvalue weighted by Gasteiger charge is 2.22. The first-order valence-corrected chi connectivity index (χ1v) is 10.5. The van der Waals surface area contributed by atoms with Crippen LogP contribution in [0, 0.1) is 0 Å². The molecule has 3 aromatic heterocycles. The van der Waals surface area contributed by atoms with Gasteiger partial charge in [0.05, 0.1) is 13.2 Å². The second-order valence-electron chi connectivity index (χ2n) is 7.52. The van der Waals surface area contributed by atoms with Gasteiger partial charge in [-0.1, -0.05) is 19.1 Å². The highest BCUT2D eigenvalue weighted by atomic mass is 16.5. The molecule has 9 nitrogen and oxygen atoms in total. The normalized spacial score (nSPS) is 12.1. The van der Waals surface area contributed by atoms with Gasteiger partial charge in [0, 0.05) is 25.4 Å². The number of ether oxygens (including phenoxy) is 1. The van der Waals surface area contributed by atoms with Gasteiger partial charge in [0.1, 0.15) is 22.9 Å². The first kappa shape index (κ1) is 21.4. The van der Waals surface area contributed by atoms with Gasteiger partial charge < -0.3 is 15.0 Å². The molecule has 9 heteroatoms. The maximum Gasteiger partial charge on any atom is 0.333 e. The third-order valence-corrected chi connectivity index (χ3v) is 5.53. The fraction of sp³-hybridized carbons (Fsp3) is 0.304. The highest BCUT2D eigenvalue weighted by molar-refractivity contribution is 5.75. The first-order valence-electron chi connectivity index (χ1n) is 10.5. The van der Waals surface area contributed by atoms with Crippen molar-refractivity contribution in [2.45, 2.75) is 32.9 Å². The number of aromatic nitrogens is 5. The second kappa shape index (κ2) is 8.70. The predicted molar refractivity (Wildman–Crippen MR) is 124 cm³/mol. The minimum Gasteiger partial charge on any atom is -0.497 e. The van der Waals surface area contributed by atoms with Crippen molar-refractivity contribution in [1.29, 1.82) is 0 Å². The van der Waals surface area contributed by atoms with Gasteiger partial charge in [0.25, 0.3) is 5.56 Å². The van der Waals surface area contributed by atoms with Crippen molar-refractivity contribution in [2.75, 3.05) is 19.5 Å². The summed E-state index contributed by atoms with van der Waals surface area (Å²) in [5.41, 5.74) is 1.49. The Labute approximate surface area is 184 Å². The van der Waals surface area contributed by atoms with E-state index in [1.54, 1.807) is 24.9 Å². The summed E-state index contributed by atoms with van der Waals surface area (Å²) in [5, 5.41) is 2.97. The number of nitrogens with one attached hydrogen (secondary N) is 2. The van der Waals surface area contributed by atoms with Crippen LogP contribution in [0.4, 0.5) is 5.82 Å². The Bertz CT molecular complexity index is 1350. The Morgan fingerprint density at radius 3 is 2.50 bits per heavy atom. The predicted octanol–water partition coefficient (Wildman–Crippen LogP) is 3.02. The van der Waals surface area contributed by atoms with Crippen LogP contribution in [0.25, 0.3) is 22.6 Å². The third kappa shape index (κ3) is 3.66. The molecule has 0 aliphatic carbocycles. The molecule has 0 saturated carbocycles. The summed E-state index contributed by atoms with van der Waals surface area (Å²) in [6, 6.07) is 10.8. The lowest BCUT2D eigenvalue weighted by atomic mass is 10.1. The van der Waals surface area contributed by atoms with E-state index in [0.717, 1.165) is 22.7 Å². The van der Waals surface area contributed by atoms with E-state index in [0.29, 0.717) is 30.0 Å². The van der Waals surface area contributed by atoms with Crippen molar-refractivity contribution < 1.29 is 4.74 Å². The lowest BCUT2D eigenvalue weighted by molar-refractivity contribution is 0.414. The van der Waals surface area contributed by atoms with Gasteiger partial charge in [0.15, 0.2) is 5.65 Å². The molecule has 0 bridgehead atoms. The van der Waals surface area contributed by atoms with Crippen molar-refractivity contribution in [3.63, 3.8) is 0 Å². The number of rotatable bonds is 7. The lowest BCUT2D eigenvalue weighted by Gasteiger charge is -2.18. The van der Waals surface area contributed by atoms with Gasteiger partial charge in [-0.15, -0.1) is 0 Å². The van der Waals surface area contributed by atoms with E-state index < -0.39 is 0 Å². The van der Waals surface area contributed by atoms with E-state index in [4.69, 9.17) is 4.74 Å². The Balaban J connectivity index is 1.93. The largest absolute Gasteiger partial charge is 0.497 e. The lowest BCUT2D eigenvalue weighted by Crippen LogP contribution is -2.41. The zero-order valence-electron chi connectivity index (χ0n) is 18.5. The standard InChI is InChI=1S/C23H26N6O3/c1-5-12-28-22(30)19-21(27-20(26-19)16-8-11-18(24-3)25-13-16)29(23(28)31)14(2)15-6-9-17(32-4)10-7-15/h6-11,13-14H,5,12H2,1-4H3,(H,24,25)(H,26,27). The minimum atomic E-state index is -0.380. The van der Waals surface area contributed by atoms with Crippen LogP contribution in [-0.2, 0) is 6.54 Å². The molecular formula is C23H26N6O3. The van der Waals surface area contributed by atoms with Crippen molar-refractivity contribution in [3.05, 3.63) is 69.0 Å². The number of benzene rings is 1. The number of anilines is 1. The van der Waals surface area contributed by atoms with E-state index in [-0.39, 0.29) is 17.3 Å². The second-order valence-corrected chi connectivity index (χ2v) is 7.52. The average molecular weight is 435 g/mol. The summed E-state index contributed by atoms with van der Waals surface area (Å²) in [5.74, 6) is 1.94. The van der Waals surface area contributed by atoms with E-state index in [2.05, 4.69) is 20.3 Å². The summed E-state index contributed by atoms with van der Waals surface area (Å²) in [7, 11) is 3.40. The number of pyridine rings is 1. The van der Waals surface area contributed by atoms with Crippen molar-refractivity contribution in [3.8, 4) is 17.1 Å². The number of fused-ring (bicyclic) bond motifs is 1. The van der Waals surface area contributed by atoms with Crippen LogP contribution in [-0.4, -0.2) is 38.2 Å². The molecule has 166 valence electrons. The SMILES string of the molecule is CCCn1c(=O)c2[nH]c(-c3ccc(NC)nc3)nc2n(C(C)c2ccc(OC)cc2)c1=O.